The van der Waals surface area contributed by atoms with Gasteiger partial charge in [-0.1, -0.05) is 6.07 Å². The smallest absolute Gasteiger partial charge is 0.416 e. The molecule has 7 heteroatoms. The Balaban J connectivity index is 2.32. The van der Waals surface area contributed by atoms with Crippen molar-refractivity contribution in [3.05, 3.63) is 58.0 Å². The van der Waals surface area contributed by atoms with Crippen LogP contribution in [0.1, 0.15) is 11.1 Å². The van der Waals surface area contributed by atoms with E-state index in [1.54, 1.807) is 18.2 Å². The van der Waals surface area contributed by atoms with Crippen LogP contribution in [0.2, 0.25) is 0 Å². The molecule has 0 spiro atoms. The maximum absolute atomic E-state index is 12.8. The Bertz CT molecular complexity index is 923. The molecule has 0 saturated heterocycles. The lowest BCUT2D eigenvalue weighted by molar-refractivity contribution is -0.137. The highest BCUT2D eigenvalue weighted by Crippen LogP contribution is 2.34. The second-order valence-electron chi connectivity index (χ2n) is 4.99. The lowest BCUT2D eigenvalue weighted by Gasteiger charge is -2.11. The molecule has 1 heterocycles. The SMILES string of the molecule is Cc1ccc2c(c1)[nH]c(=O)n2-c1cc(C(F)(F)F)ccc1O. The van der Waals surface area contributed by atoms with Gasteiger partial charge in [-0.3, -0.25) is 4.57 Å². The summed E-state index contributed by atoms with van der Waals surface area (Å²) in [5, 5.41) is 9.87. The molecule has 114 valence electrons. The van der Waals surface area contributed by atoms with E-state index in [4.69, 9.17) is 0 Å². The van der Waals surface area contributed by atoms with E-state index >= 15 is 0 Å². The molecule has 3 rings (SSSR count). The molecule has 0 unspecified atom stereocenters. The van der Waals surface area contributed by atoms with Crippen molar-refractivity contribution in [2.75, 3.05) is 0 Å². The van der Waals surface area contributed by atoms with Gasteiger partial charge in [0, 0.05) is 0 Å². The van der Waals surface area contributed by atoms with Gasteiger partial charge in [-0.2, -0.15) is 13.2 Å². The zero-order valence-electron chi connectivity index (χ0n) is 11.4. The Morgan fingerprint density at radius 2 is 1.86 bits per heavy atom. The molecule has 0 aliphatic carbocycles. The number of fused-ring (bicyclic) bond motifs is 1. The lowest BCUT2D eigenvalue weighted by Crippen LogP contribution is -2.16. The van der Waals surface area contributed by atoms with Crippen molar-refractivity contribution in [1.29, 1.82) is 0 Å². The molecule has 22 heavy (non-hydrogen) atoms. The van der Waals surface area contributed by atoms with E-state index < -0.39 is 23.2 Å². The summed E-state index contributed by atoms with van der Waals surface area (Å²) in [6, 6.07) is 7.50. The van der Waals surface area contributed by atoms with Gasteiger partial charge in [-0.15, -0.1) is 0 Å². The molecule has 2 N–H and O–H groups in total. The number of hydrogen-bond acceptors (Lipinski definition) is 2. The van der Waals surface area contributed by atoms with Gasteiger partial charge >= 0.3 is 11.9 Å². The van der Waals surface area contributed by atoms with Gasteiger partial charge in [0.25, 0.3) is 0 Å². The summed E-state index contributed by atoms with van der Waals surface area (Å²) in [6.07, 6.45) is -4.56. The monoisotopic (exact) mass is 308 g/mol. The number of aryl methyl sites for hydroxylation is 1. The van der Waals surface area contributed by atoms with Crippen molar-refractivity contribution >= 4 is 11.0 Å². The Labute approximate surface area is 122 Å². The fourth-order valence-electron chi connectivity index (χ4n) is 2.34. The maximum Gasteiger partial charge on any atom is 0.416 e. The van der Waals surface area contributed by atoms with E-state index in [1.165, 1.54) is 0 Å². The Morgan fingerprint density at radius 1 is 1.14 bits per heavy atom. The predicted molar refractivity (Wildman–Crippen MR) is 75.3 cm³/mol. The second-order valence-corrected chi connectivity index (χ2v) is 4.99. The van der Waals surface area contributed by atoms with Gasteiger partial charge in [0.2, 0.25) is 0 Å². The van der Waals surface area contributed by atoms with Crippen LogP contribution in [-0.2, 0) is 6.18 Å². The molecule has 0 atom stereocenters. The van der Waals surface area contributed by atoms with Crippen LogP contribution in [0.3, 0.4) is 0 Å². The highest BCUT2D eigenvalue weighted by Gasteiger charge is 2.31. The summed E-state index contributed by atoms with van der Waals surface area (Å²) >= 11 is 0. The predicted octanol–water partition coefficient (Wildman–Crippen LogP) is 3.35. The molecular formula is C15H11F3N2O2. The largest absolute Gasteiger partial charge is 0.506 e. The Morgan fingerprint density at radius 3 is 2.55 bits per heavy atom. The summed E-state index contributed by atoms with van der Waals surface area (Å²) in [5.41, 5.74) is 0.0139. The fraction of sp³-hybridized carbons (Fsp3) is 0.133. The first-order valence-electron chi connectivity index (χ1n) is 6.39. The number of aromatic nitrogens is 2. The van der Waals surface area contributed by atoms with Crippen LogP contribution in [0.4, 0.5) is 13.2 Å². The summed E-state index contributed by atoms with van der Waals surface area (Å²) in [4.78, 5) is 14.6. The number of imidazole rings is 1. The maximum atomic E-state index is 12.8. The lowest BCUT2D eigenvalue weighted by atomic mass is 10.1. The molecule has 0 bridgehead atoms. The van der Waals surface area contributed by atoms with Crippen molar-refractivity contribution in [1.82, 2.24) is 9.55 Å². The molecule has 2 aromatic carbocycles. The van der Waals surface area contributed by atoms with E-state index in [0.29, 0.717) is 11.0 Å². The number of rotatable bonds is 1. The molecule has 0 radical (unpaired) electrons. The molecule has 1 aromatic heterocycles. The first-order valence-corrected chi connectivity index (χ1v) is 6.39. The van der Waals surface area contributed by atoms with Crippen molar-refractivity contribution in [3.63, 3.8) is 0 Å². The summed E-state index contributed by atoms with van der Waals surface area (Å²) in [6.45, 7) is 1.83. The fourth-order valence-corrected chi connectivity index (χ4v) is 2.34. The van der Waals surface area contributed by atoms with E-state index in [9.17, 15) is 23.1 Å². The van der Waals surface area contributed by atoms with Crippen molar-refractivity contribution in [2.24, 2.45) is 0 Å². The average molecular weight is 308 g/mol. The third kappa shape index (κ3) is 2.24. The van der Waals surface area contributed by atoms with Crippen molar-refractivity contribution in [2.45, 2.75) is 13.1 Å². The van der Waals surface area contributed by atoms with Crippen molar-refractivity contribution < 1.29 is 18.3 Å². The average Bonchev–Trinajstić information content (AvgIpc) is 2.73. The van der Waals surface area contributed by atoms with Gasteiger partial charge in [0.15, 0.2) is 0 Å². The zero-order chi connectivity index (χ0) is 16.1. The summed E-state index contributed by atoms with van der Waals surface area (Å²) in [5.74, 6) is -0.406. The zero-order valence-corrected chi connectivity index (χ0v) is 11.4. The number of phenols is 1. The van der Waals surface area contributed by atoms with E-state index in [2.05, 4.69) is 4.98 Å². The van der Waals surface area contributed by atoms with Crippen LogP contribution in [0.25, 0.3) is 16.7 Å². The molecule has 0 fully saturated rings. The number of nitrogens with zero attached hydrogens (tertiary/aromatic N) is 1. The van der Waals surface area contributed by atoms with Gasteiger partial charge < -0.3 is 10.1 Å². The Hall–Kier alpha value is -2.70. The highest BCUT2D eigenvalue weighted by molar-refractivity contribution is 5.78. The summed E-state index contributed by atoms with van der Waals surface area (Å²) < 4.78 is 39.5. The molecule has 0 amide bonds. The molecule has 0 aliphatic rings. The first kappa shape index (κ1) is 14.2. The van der Waals surface area contributed by atoms with E-state index in [1.807, 2.05) is 6.92 Å². The topological polar surface area (TPSA) is 58.0 Å². The number of aromatic hydroxyl groups is 1. The van der Waals surface area contributed by atoms with Crippen LogP contribution in [0.15, 0.2) is 41.2 Å². The first-order chi connectivity index (χ1) is 10.3. The third-order valence-electron chi connectivity index (χ3n) is 3.38. The third-order valence-corrected chi connectivity index (χ3v) is 3.38. The number of hydrogen-bond donors (Lipinski definition) is 2. The molecular weight excluding hydrogens is 297 g/mol. The quantitative estimate of drug-likeness (QED) is 0.724. The van der Waals surface area contributed by atoms with E-state index in [0.717, 1.165) is 28.3 Å². The molecule has 4 nitrogen and oxygen atoms in total. The minimum absolute atomic E-state index is 0.213. The molecule has 0 aliphatic heterocycles. The van der Waals surface area contributed by atoms with Crippen LogP contribution in [0, 0.1) is 6.92 Å². The number of alkyl halides is 3. The van der Waals surface area contributed by atoms with Crippen LogP contribution in [-0.4, -0.2) is 14.7 Å². The number of benzene rings is 2. The normalized spacial score (nSPS) is 12.0. The van der Waals surface area contributed by atoms with Crippen LogP contribution < -0.4 is 5.69 Å². The minimum Gasteiger partial charge on any atom is -0.506 e. The molecule has 0 saturated carbocycles. The Kier molecular flexibility index (Phi) is 3.01. The van der Waals surface area contributed by atoms with Crippen LogP contribution in [0.5, 0.6) is 5.75 Å². The van der Waals surface area contributed by atoms with Crippen molar-refractivity contribution in [3.8, 4) is 11.4 Å². The number of H-pyrrole nitrogens is 1. The minimum atomic E-state index is -4.56. The number of halogens is 3. The number of nitrogens with one attached hydrogen (secondary N) is 1. The van der Waals surface area contributed by atoms with Gasteiger partial charge in [-0.05, 0) is 42.8 Å². The van der Waals surface area contributed by atoms with Gasteiger partial charge in [-0.25, -0.2) is 4.79 Å². The van der Waals surface area contributed by atoms with Gasteiger partial charge in [0.05, 0.1) is 22.3 Å². The number of phenolic OH excluding ortho intramolecular Hbond substituents is 1. The number of aromatic amines is 1. The van der Waals surface area contributed by atoms with Gasteiger partial charge in [0.1, 0.15) is 5.75 Å². The molecule has 3 aromatic rings. The summed E-state index contributed by atoms with van der Waals surface area (Å²) in [7, 11) is 0. The second kappa shape index (κ2) is 4.66. The van der Waals surface area contributed by atoms with E-state index in [-0.39, 0.29) is 5.69 Å². The van der Waals surface area contributed by atoms with Crippen LogP contribution >= 0.6 is 0 Å². The highest BCUT2D eigenvalue weighted by atomic mass is 19.4. The standard InChI is InChI=1S/C15H11F3N2O2/c1-8-2-4-11-10(6-8)19-14(22)20(11)12-7-9(15(16,17)18)3-5-13(12)21/h2-7,21H,1H3,(H,19,22).